The maximum absolute atomic E-state index is 12.5. The van der Waals surface area contributed by atoms with Crippen molar-refractivity contribution in [2.75, 3.05) is 5.75 Å². The van der Waals surface area contributed by atoms with Crippen LogP contribution in [0.2, 0.25) is 0 Å². The van der Waals surface area contributed by atoms with Crippen molar-refractivity contribution in [1.29, 1.82) is 0 Å². The molecule has 0 saturated carbocycles. The normalized spacial score (nSPS) is 18.1. The number of aromatic nitrogens is 5. The number of aryl methyl sites for hydroxylation is 2. The molecule has 178 valence electrons. The summed E-state index contributed by atoms with van der Waals surface area (Å²) in [6.07, 6.45) is 4.38. The lowest BCUT2D eigenvalue weighted by molar-refractivity contribution is -0.119. The predicted octanol–water partition coefficient (Wildman–Crippen LogP) is 2.96. The molecule has 6 rings (SSSR count). The molecule has 1 saturated heterocycles. The number of amides is 1. The summed E-state index contributed by atoms with van der Waals surface area (Å²) in [7, 11) is 0. The van der Waals surface area contributed by atoms with Crippen LogP contribution in [-0.4, -0.2) is 48.4 Å². The molecule has 1 aliphatic rings. The van der Waals surface area contributed by atoms with E-state index in [2.05, 4.69) is 52.5 Å². The van der Waals surface area contributed by atoms with Crippen molar-refractivity contribution in [3.63, 3.8) is 0 Å². The maximum atomic E-state index is 12.5. The first-order chi connectivity index (χ1) is 17.1. The minimum atomic E-state index is -0.0647. The van der Waals surface area contributed by atoms with Crippen LogP contribution in [0.5, 0.6) is 0 Å². The topological polar surface area (TPSA) is 112 Å². The number of hydrogen-bond donors (Lipinski definition) is 4. The number of carbonyl (C=O) groups excluding carboxylic acids is 1. The molecule has 35 heavy (non-hydrogen) atoms. The highest BCUT2D eigenvalue weighted by atomic mass is 32.2. The summed E-state index contributed by atoms with van der Waals surface area (Å²) in [4.78, 5) is 25.5. The Labute approximate surface area is 206 Å². The van der Waals surface area contributed by atoms with Gasteiger partial charge in [-0.2, -0.15) is 4.52 Å². The number of carbonyl (C=O) groups is 1. The number of nitrogens with one attached hydrogen (secondary N) is 4. The van der Waals surface area contributed by atoms with E-state index in [1.165, 1.54) is 22.7 Å². The van der Waals surface area contributed by atoms with E-state index >= 15 is 0 Å². The average molecular weight is 487 g/mol. The van der Waals surface area contributed by atoms with Crippen LogP contribution in [0.25, 0.3) is 27.5 Å². The summed E-state index contributed by atoms with van der Waals surface area (Å²) < 4.78 is 1.78. The fraction of sp³-hybridized carbons (Fsp3) is 0.280. The molecule has 0 spiro atoms. The van der Waals surface area contributed by atoms with Crippen LogP contribution in [0.4, 0.5) is 0 Å². The zero-order valence-electron chi connectivity index (χ0n) is 19.3. The Bertz CT molecular complexity index is 1530. The van der Waals surface area contributed by atoms with Gasteiger partial charge in [0.15, 0.2) is 16.6 Å². The Morgan fingerprint density at radius 1 is 1.09 bits per heavy atom. The highest BCUT2D eigenvalue weighted by Gasteiger charge is 2.22. The molecular weight excluding hydrogens is 460 g/mol. The lowest BCUT2D eigenvalue weighted by atomic mass is 10.1. The quantitative estimate of drug-likeness (QED) is 0.207. The van der Waals surface area contributed by atoms with Crippen LogP contribution >= 0.6 is 11.8 Å². The van der Waals surface area contributed by atoms with Gasteiger partial charge in [-0.25, -0.2) is 15.4 Å². The zero-order chi connectivity index (χ0) is 23.8. The van der Waals surface area contributed by atoms with E-state index in [1.54, 1.807) is 4.52 Å². The molecule has 5 aromatic rings. The number of aromatic amines is 1. The first-order valence-electron chi connectivity index (χ1n) is 11.8. The molecule has 2 aromatic carbocycles. The zero-order valence-corrected chi connectivity index (χ0v) is 20.1. The minimum Gasteiger partial charge on any atom is -0.361 e. The van der Waals surface area contributed by atoms with Crippen LogP contribution in [-0.2, 0) is 17.6 Å². The molecule has 1 amide bonds. The predicted molar refractivity (Wildman–Crippen MR) is 137 cm³/mol. The van der Waals surface area contributed by atoms with Crippen molar-refractivity contribution in [3.8, 4) is 0 Å². The van der Waals surface area contributed by atoms with Gasteiger partial charge in [0.25, 0.3) is 0 Å². The first-order valence-corrected chi connectivity index (χ1v) is 12.8. The Balaban J connectivity index is 1.24. The number of thioether (sulfide) groups is 1. The third kappa shape index (κ3) is 4.47. The molecule has 0 radical (unpaired) electrons. The molecule has 0 bridgehead atoms. The van der Waals surface area contributed by atoms with Gasteiger partial charge in [0.05, 0.1) is 17.4 Å². The summed E-state index contributed by atoms with van der Waals surface area (Å²) in [6, 6.07) is 16.5. The highest BCUT2D eigenvalue weighted by Crippen LogP contribution is 2.25. The van der Waals surface area contributed by atoms with Gasteiger partial charge in [0.1, 0.15) is 0 Å². The van der Waals surface area contributed by atoms with Gasteiger partial charge in [-0.3, -0.25) is 10.2 Å². The van der Waals surface area contributed by atoms with E-state index in [0.29, 0.717) is 17.6 Å². The fourth-order valence-electron chi connectivity index (χ4n) is 4.53. The summed E-state index contributed by atoms with van der Waals surface area (Å²) in [5.74, 6) is 0.957. The Kier molecular flexibility index (Phi) is 5.85. The second kappa shape index (κ2) is 9.29. The fourth-order valence-corrected chi connectivity index (χ4v) is 5.29. The molecule has 4 heterocycles. The van der Waals surface area contributed by atoms with Gasteiger partial charge in [-0.15, -0.1) is 5.10 Å². The van der Waals surface area contributed by atoms with Crippen LogP contribution in [0.15, 0.2) is 59.9 Å². The molecule has 1 aliphatic heterocycles. The van der Waals surface area contributed by atoms with Gasteiger partial charge in [-0.1, -0.05) is 42.1 Å². The van der Waals surface area contributed by atoms with E-state index in [1.807, 2.05) is 30.3 Å². The molecule has 2 atom stereocenters. The number of nitrogens with zero attached hydrogens (tertiary/aromatic N) is 4. The van der Waals surface area contributed by atoms with E-state index in [-0.39, 0.29) is 17.8 Å². The highest BCUT2D eigenvalue weighted by molar-refractivity contribution is 7.99. The SMILES string of the molecule is CC1CC(NC(=O)CSc2nc3ccccc3c3nc(CCc4c[nH]c5ccccc45)nn23)NN1. The second-order valence-corrected chi connectivity index (χ2v) is 9.81. The summed E-state index contributed by atoms with van der Waals surface area (Å²) in [6.45, 7) is 2.07. The molecule has 3 aromatic heterocycles. The van der Waals surface area contributed by atoms with Gasteiger partial charge < -0.3 is 10.3 Å². The molecule has 2 unspecified atom stereocenters. The number of benzene rings is 2. The molecular formula is C25H26N8OS. The molecule has 0 aliphatic carbocycles. The van der Waals surface area contributed by atoms with E-state index < -0.39 is 0 Å². The van der Waals surface area contributed by atoms with Crippen LogP contribution in [0, 0.1) is 0 Å². The standard InChI is InChI=1S/C25H26N8OS/c1-15-12-22(31-30-15)28-23(34)14-35-25-27-20-9-5-3-7-18(20)24-29-21(32-33(24)25)11-10-16-13-26-19-8-4-2-6-17(16)19/h2-9,13,15,22,26,30-31H,10-12,14H2,1H3,(H,28,34). The number of H-pyrrole nitrogens is 1. The van der Waals surface area contributed by atoms with Crippen molar-refractivity contribution in [3.05, 3.63) is 66.1 Å². The number of rotatable bonds is 7. The lowest BCUT2D eigenvalue weighted by Gasteiger charge is -2.12. The van der Waals surface area contributed by atoms with Crippen molar-refractivity contribution in [2.24, 2.45) is 0 Å². The Hall–Kier alpha value is -3.47. The van der Waals surface area contributed by atoms with E-state index in [0.717, 1.165) is 40.7 Å². The largest absolute Gasteiger partial charge is 0.361 e. The number of fused-ring (bicyclic) bond motifs is 4. The number of hydrazine groups is 1. The van der Waals surface area contributed by atoms with Crippen LogP contribution in [0.1, 0.15) is 24.7 Å². The Morgan fingerprint density at radius 3 is 2.77 bits per heavy atom. The smallest absolute Gasteiger partial charge is 0.231 e. The van der Waals surface area contributed by atoms with Gasteiger partial charge >= 0.3 is 0 Å². The molecule has 4 N–H and O–H groups in total. The van der Waals surface area contributed by atoms with Crippen molar-refractivity contribution < 1.29 is 4.79 Å². The lowest BCUT2D eigenvalue weighted by Crippen LogP contribution is -2.45. The van der Waals surface area contributed by atoms with E-state index in [9.17, 15) is 4.79 Å². The Morgan fingerprint density at radius 2 is 1.91 bits per heavy atom. The van der Waals surface area contributed by atoms with Gasteiger partial charge in [0.2, 0.25) is 5.91 Å². The van der Waals surface area contributed by atoms with Gasteiger partial charge in [0, 0.05) is 34.9 Å². The van der Waals surface area contributed by atoms with Gasteiger partial charge in [-0.05, 0) is 43.5 Å². The summed E-state index contributed by atoms with van der Waals surface area (Å²) in [5.41, 5.74) is 10.2. The van der Waals surface area contributed by atoms with Crippen molar-refractivity contribution >= 4 is 45.1 Å². The van der Waals surface area contributed by atoms with E-state index in [4.69, 9.17) is 15.1 Å². The van der Waals surface area contributed by atoms with Crippen LogP contribution in [0.3, 0.4) is 0 Å². The summed E-state index contributed by atoms with van der Waals surface area (Å²) in [5, 5.41) is 10.6. The number of para-hydroxylation sites is 2. The average Bonchev–Trinajstić information content (AvgIpc) is 3.59. The minimum absolute atomic E-state index is 0.0498. The first kappa shape index (κ1) is 22.0. The molecule has 1 fully saturated rings. The van der Waals surface area contributed by atoms with Crippen molar-refractivity contribution in [1.82, 2.24) is 40.7 Å². The van der Waals surface area contributed by atoms with Crippen molar-refractivity contribution in [2.45, 2.75) is 43.6 Å². The van der Waals surface area contributed by atoms with Crippen LogP contribution < -0.4 is 16.2 Å². The molecule has 9 nitrogen and oxygen atoms in total. The third-order valence-corrected chi connectivity index (χ3v) is 7.18. The second-order valence-electron chi connectivity index (χ2n) is 8.87. The third-order valence-electron chi connectivity index (χ3n) is 6.25. The number of hydrogen-bond acceptors (Lipinski definition) is 7. The molecule has 10 heteroatoms. The summed E-state index contributed by atoms with van der Waals surface area (Å²) >= 11 is 1.37. The maximum Gasteiger partial charge on any atom is 0.231 e. The monoisotopic (exact) mass is 486 g/mol.